The minimum absolute atomic E-state index is 0.0272. The van der Waals surface area contributed by atoms with Gasteiger partial charge < -0.3 is 0 Å². The minimum atomic E-state index is -3.76. The van der Waals surface area contributed by atoms with E-state index in [1.165, 1.54) is 0 Å². The van der Waals surface area contributed by atoms with Crippen LogP contribution >= 0.6 is 11.6 Å². The molecule has 0 aliphatic heterocycles. The zero-order chi connectivity index (χ0) is 10.7. The molecule has 0 saturated carbocycles. The molecule has 80 valence electrons. The summed E-state index contributed by atoms with van der Waals surface area (Å²) in [5, 5.41) is -1.27. The van der Waals surface area contributed by atoms with Crippen molar-refractivity contribution in [3.05, 3.63) is 0 Å². The van der Waals surface area contributed by atoms with Gasteiger partial charge in [0.25, 0.3) is 0 Å². The van der Waals surface area contributed by atoms with E-state index in [1.807, 2.05) is 0 Å². The van der Waals surface area contributed by atoms with E-state index in [0.29, 0.717) is 0 Å². The van der Waals surface area contributed by atoms with Crippen molar-refractivity contribution in [2.45, 2.75) is 12.3 Å². The molecular formula is C5H12ClNO4S2. The summed E-state index contributed by atoms with van der Waals surface area (Å²) in [4.78, 5) is 0. The topological polar surface area (TPSA) is 80.3 Å². The Balaban J connectivity index is 4.28. The molecule has 13 heavy (non-hydrogen) atoms. The van der Waals surface area contributed by atoms with Crippen molar-refractivity contribution >= 4 is 31.5 Å². The molecule has 0 amide bonds. The molecule has 0 aromatic carbocycles. The second-order valence-corrected chi connectivity index (χ2v) is 7.85. The molecule has 0 bridgehead atoms. The lowest BCUT2D eigenvalue weighted by Crippen LogP contribution is -2.33. The van der Waals surface area contributed by atoms with Crippen molar-refractivity contribution in [1.29, 1.82) is 0 Å². The van der Waals surface area contributed by atoms with Gasteiger partial charge in [0.05, 0.1) is 0 Å². The van der Waals surface area contributed by atoms with Gasteiger partial charge in [0.1, 0.15) is 0 Å². The predicted molar refractivity (Wildman–Crippen MR) is 51.9 cm³/mol. The van der Waals surface area contributed by atoms with Crippen LogP contribution < -0.4 is 4.72 Å². The lowest BCUT2D eigenvalue weighted by molar-refractivity contribution is 0.580. The molecular weight excluding hydrogens is 238 g/mol. The molecule has 0 aliphatic carbocycles. The van der Waals surface area contributed by atoms with Gasteiger partial charge in [-0.2, -0.15) is 0 Å². The Bertz CT molecular complexity index is 345. The van der Waals surface area contributed by atoms with E-state index in [-0.39, 0.29) is 11.9 Å². The average molecular weight is 250 g/mol. The van der Waals surface area contributed by atoms with E-state index in [9.17, 15) is 16.8 Å². The molecule has 0 saturated heterocycles. The highest BCUT2D eigenvalue weighted by molar-refractivity contribution is 8.06. The number of sulfonamides is 1. The van der Waals surface area contributed by atoms with E-state index < -0.39 is 24.9 Å². The van der Waals surface area contributed by atoms with E-state index in [0.717, 1.165) is 6.26 Å². The number of nitrogens with one attached hydrogen (secondary N) is 1. The van der Waals surface area contributed by atoms with Crippen LogP contribution in [0.4, 0.5) is 0 Å². The second kappa shape index (κ2) is 4.59. The zero-order valence-corrected chi connectivity index (χ0v) is 9.71. The van der Waals surface area contributed by atoms with Crippen LogP contribution in [0.2, 0.25) is 0 Å². The van der Waals surface area contributed by atoms with Crippen LogP contribution in [0.3, 0.4) is 0 Å². The standard InChI is InChI=1S/C5H12ClNO4S2/c1-5(6)3-7-13(10,11)4-12(2,8)9/h5,7H,3-4H2,1-2H3. The quantitative estimate of drug-likeness (QED) is 0.669. The summed E-state index contributed by atoms with van der Waals surface area (Å²) < 4.78 is 45.4. The van der Waals surface area contributed by atoms with E-state index in [1.54, 1.807) is 6.92 Å². The molecule has 0 spiro atoms. The first-order chi connectivity index (χ1) is 5.62. The highest BCUT2D eigenvalue weighted by Crippen LogP contribution is 1.95. The summed E-state index contributed by atoms with van der Waals surface area (Å²) in [5.41, 5.74) is 0. The summed E-state index contributed by atoms with van der Waals surface area (Å²) in [6.07, 6.45) is 0.857. The number of hydrogen-bond donors (Lipinski definition) is 1. The van der Waals surface area contributed by atoms with E-state index in [4.69, 9.17) is 11.6 Å². The van der Waals surface area contributed by atoms with Crippen molar-refractivity contribution in [2.75, 3.05) is 17.9 Å². The molecule has 1 atom stereocenters. The van der Waals surface area contributed by atoms with Gasteiger partial charge in [0, 0.05) is 18.2 Å². The first-order valence-electron chi connectivity index (χ1n) is 3.41. The van der Waals surface area contributed by atoms with Crippen molar-refractivity contribution in [3.63, 3.8) is 0 Å². The molecule has 0 heterocycles. The number of rotatable bonds is 5. The third kappa shape index (κ3) is 8.48. The lowest BCUT2D eigenvalue weighted by Gasteiger charge is -2.05. The van der Waals surface area contributed by atoms with Crippen molar-refractivity contribution in [3.8, 4) is 0 Å². The van der Waals surface area contributed by atoms with Gasteiger partial charge >= 0.3 is 0 Å². The third-order valence-corrected chi connectivity index (χ3v) is 4.67. The fourth-order valence-electron chi connectivity index (χ4n) is 0.565. The number of alkyl halides is 1. The smallest absolute Gasteiger partial charge is 0.226 e. The minimum Gasteiger partial charge on any atom is -0.228 e. The van der Waals surface area contributed by atoms with Crippen LogP contribution in [-0.2, 0) is 19.9 Å². The fraction of sp³-hybridized carbons (Fsp3) is 1.00. The maximum Gasteiger partial charge on any atom is 0.226 e. The Morgan fingerprint density at radius 2 is 1.77 bits per heavy atom. The van der Waals surface area contributed by atoms with Gasteiger partial charge in [0.15, 0.2) is 14.9 Å². The molecule has 0 radical (unpaired) electrons. The number of sulfone groups is 1. The van der Waals surface area contributed by atoms with Crippen LogP contribution in [0, 0.1) is 0 Å². The first kappa shape index (κ1) is 13.2. The Morgan fingerprint density at radius 1 is 1.31 bits per heavy atom. The summed E-state index contributed by atoms with van der Waals surface area (Å²) >= 11 is 5.48. The molecule has 0 aliphatic rings. The lowest BCUT2D eigenvalue weighted by atomic mass is 10.5. The summed E-state index contributed by atoms with van der Waals surface area (Å²) in [6, 6.07) is 0. The van der Waals surface area contributed by atoms with E-state index in [2.05, 4.69) is 4.72 Å². The third-order valence-electron chi connectivity index (χ3n) is 0.954. The Morgan fingerprint density at radius 3 is 2.08 bits per heavy atom. The summed E-state index contributed by atoms with van der Waals surface area (Å²) in [7, 11) is -7.28. The average Bonchev–Trinajstić information content (AvgIpc) is 1.78. The zero-order valence-electron chi connectivity index (χ0n) is 7.32. The van der Waals surface area contributed by atoms with Gasteiger partial charge in [-0.15, -0.1) is 11.6 Å². The van der Waals surface area contributed by atoms with Crippen LogP contribution in [-0.4, -0.2) is 40.1 Å². The van der Waals surface area contributed by atoms with Gasteiger partial charge in [0.2, 0.25) is 10.0 Å². The Labute approximate surface area is 83.4 Å². The van der Waals surface area contributed by atoms with Crippen LogP contribution in [0.5, 0.6) is 0 Å². The van der Waals surface area contributed by atoms with Crippen LogP contribution in [0.25, 0.3) is 0 Å². The monoisotopic (exact) mass is 249 g/mol. The molecule has 1 unspecified atom stereocenters. The Hall–Kier alpha value is 0.150. The van der Waals surface area contributed by atoms with Crippen molar-refractivity contribution in [2.24, 2.45) is 0 Å². The highest BCUT2D eigenvalue weighted by Gasteiger charge is 2.17. The predicted octanol–water partition coefficient (Wildman–Crippen LogP) is -0.465. The van der Waals surface area contributed by atoms with Gasteiger partial charge in [-0.3, -0.25) is 0 Å². The van der Waals surface area contributed by atoms with Crippen LogP contribution in [0.15, 0.2) is 0 Å². The summed E-state index contributed by atoms with van der Waals surface area (Å²) in [6.45, 7) is 1.63. The SMILES string of the molecule is CC(Cl)CNS(=O)(=O)CS(C)(=O)=O. The number of halogens is 1. The second-order valence-electron chi connectivity index (χ2n) is 2.79. The first-order valence-corrected chi connectivity index (χ1v) is 7.56. The summed E-state index contributed by atoms with van der Waals surface area (Å²) in [5.74, 6) is 0. The van der Waals surface area contributed by atoms with E-state index >= 15 is 0 Å². The fourth-order valence-corrected chi connectivity index (χ4v) is 3.83. The number of hydrogen-bond acceptors (Lipinski definition) is 4. The molecule has 1 N–H and O–H groups in total. The molecule has 8 heteroatoms. The van der Waals surface area contributed by atoms with Crippen molar-refractivity contribution < 1.29 is 16.8 Å². The normalized spacial score (nSPS) is 15.6. The molecule has 0 aromatic heterocycles. The van der Waals surface area contributed by atoms with Crippen LogP contribution in [0.1, 0.15) is 6.92 Å². The maximum absolute atomic E-state index is 11.0. The Kier molecular flexibility index (Phi) is 4.64. The molecule has 0 fully saturated rings. The van der Waals surface area contributed by atoms with Crippen molar-refractivity contribution in [1.82, 2.24) is 4.72 Å². The van der Waals surface area contributed by atoms with Gasteiger partial charge in [-0.25, -0.2) is 21.6 Å². The molecule has 0 aromatic rings. The highest BCUT2D eigenvalue weighted by atomic mass is 35.5. The van der Waals surface area contributed by atoms with Gasteiger partial charge in [-0.1, -0.05) is 0 Å². The van der Waals surface area contributed by atoms with Gasteiger partial charge in [-0.05, 0) is 6.92 Å². The molecule has 0 rings (SSSR count). The largest absolute Gasteiger partial charge is 0.228 e. The maximum atomic E-state index is 11.0. The molecule has 5 nitrogen and oxygen atoms in total.